The molecule has 0 unspecified atom stereocenters. The molecule has 1 aliphatic rings. The molecule has 112 valence electrons. The van der Waals surface area contributed by atoms with Gasteiger partial charge in [-0.05, 0) is 44.1 Å². The summed E-state index contributed by atoms with van der Waals surface area (Å²) in [5, 5.41) is 7.91. The summed E-state index contributed by atoms with van der Waals surface area (Å²) in [5.41, 5.74) is 1.82. The van der Waals surface area contributed by atoms with E-state index in [1.165, 1.54) is 0 Å². The molecule has 21 heavy (non-hydrogen) atoms. The number of aryl methyl sites for hydroxylation is 1. The van der Waals surface area contributed by atoms with Gasteiger partial charge in [-0.15, -0.1) is 0 Å². The normalized spacial score (nSPS) is 16.1. The quantitative estimate of drug-likeness (QED) is 0.902. The Hall–Kier alpha value is -2.01. The van der Waals surface area contributed by atoms with Gasteiger partial charge in [0.25, 0.3) is 5.56 Å². The predicted molar refractivity (Wildman–Crippen MR) is 85.3 cm³/mol. The molecular weight excluding hydrogens is 266 g/mol. The van der Waals surface area contributed by atoms with Crippen molar-refractivity contribution < 1.29 is 4.74 Å². The van der Waals surface area contributed by atoms with Gasteiger partial charge in [0.15, 0.2) is 0 Å². The number of hydrogen-bond acceptors (Lipinski definition) is 4. The van der Waals surface area contributed by atoms with Crippen LogP contribution in [0.5, 0.6) is 5.75 Å². The van der Waals surface area contributed by atoms with Crippen LogP contribution in [0, 0.1) is 0 Å². The standard InChI is InChI=1S/C16H21N3O2/c1-19-15-4-3-12(21-2)9-13(15)14(10-16(19)20)18-11-5-7-17-8-6-11/h3-4,9-11,17-18H,5-8H2,1-2H3. The molecule has 1 aliphatic heterocycles. The number of nitrogens with one attached hydrogen (secondary N) is 2. The topological polar surface area (TPSA) is 55.3 Å². The maximum atomic E-state index is 12.1. The van der Waals surface area contributed by atoms with Gasteiger partial charge in [-0.2, -0.15) is 0 Å². The van der Waals surface area contributed by atoms with Crippen LogP contribution >= 0.6 is 0 Å². The van der Waals surface area contributed by atoms with Gasteiger partial charge < -0.3 is 19.9 Å². The van der Waals surface area contributed by atoms with E-state index in [4.69, 9.17) is 4.74 Å². The van der Waals surface area contributed by atoms with Crippen LogP contribution in [0.15, 0.2) is 29.1 Å². The maximum absolute atomic E-state index is 12.1. The fraction of sp³-hybridized carbons (Fsp3) is 0.438. The summed E-state index contributed by atoms with van der Waals surface area (Å²) in [5.74, 6) is 0.800. The van der Waals surface area contributed by atoms with Crippen LogP contribution in [0.1, 0.15) is 12.8 Å². The number of aromatic nitrogens is 1. The molecule has 0 spiro atoms. The zero-order valence-corrected chi connectivity index (χ0v) is 12.5. The van der Waals surface area contributed by atoms with Gasteiger partial charge in [0.2, 0.25) is 0 Å². The van der Waals surface area contributed by atoms with Crippen molar-refractivity contribution in [2.75, 3.05) is 25.5 Å². The van der Waals surface area contributed by atoms with Gasteiger partial charge in [-0.25, -0.2) is 0 Å². The monoisotopic (exact) mass is 287 g/mol. The summed E-state index contributed by atoms with van der Waals surface area (Å²) in [6.45, 7) is 2.04. The number of methoxy groups -OCH3 is 1. The molecule has 1 fully saturated rings. The number of rotatable bonds is 3. The Morgan fingerprint density at radius 3 is 2.76 bits per heavy atom. The molecule has 5 heteroatoms. The first-order valence-corrected chi connectivity index (χ1v) is 7.34. The van der Waals surface area contributed by atoms with E-state index in [9.17, 15) is 4.79 Å². The van der Waals surface area contributed by atoms with Gasteiger partial charge in [-0.1, -0.05) is 0 Å². The van der Waals surface area contributed by atoms with Crippen LogP contribution in [0.25, 0.3) is 10.9 Å². The zero-order chi connectivity index (χ0) is 14.8. The van der Waals surface area contributed by atoms with Crippen LogP contribution in [0.4, 0.5) is 5.69 Å². The highest BCUT2D eigenvalue weighted by Crippen LogP contribution is 2.27. The Kier molecular flexibility index (Phi) is 3.84. The van der Waals surface area contributed by atoms with E-state index in [-0.39, 0.29) is 5.56 Å². The first-order chi connectivity index (χ1) is 10.2. The number of benzene rings is 1. The van der Waals surface area contributed by atoms with Crippen LogP contribution in [0.2, 0.25) is 0 Å². The fourth-order valence-electron chi connectivity index (χ4n) is 2.87. The first kappa shape index (κ1) is 13.9. The maximum Gasteiger partial charge on any atom is 0.252 e. The Balaban J connectivity index is 2.06. The number of pyridine rings is 1. The van der Waals surface area contributed by atoms with E-state index in [1.807, 2.05) is 18.2 Å². The molecule has 1 saturated heterocycles. The van der Waals surface area contributed by atoms with Crippen LogP contribution < -0.4 is 20.9 Å². The highest BCUT2D eigenvalue weighted by Gasteiger charge is 2.15. The second-order valence-electron chi connectivity index (χ2n) is 5.51. The van der Waals surface area contributed by atoms with Crippen LogP contribution in [0.3, 0.4) is 0 Å². The molecule has 2 aromatic rings. The number of hydrogen-bond donors (Lipinski definition) is 2. The van der Waals surface area contributed by atoms with Gasteiger partial charge in [0.1, 0.15) is 5.75 Å². The molecule has 0 radical (unpaired) electrons. The molecule has 0 aliphatic carbocycles. The van der Waals surface area contributed by atoms with Gasteiger partial charge in [0, 0.05) is 30.2 Å². The van der Waals surface area contributed by atoms with E-state index in [1.54, 1.807) is 24.8 Å². The van der Waals surface area contributed by atoms with E-state index in [2.05, 4.69) is 10.6 Å². The van der Waals surface area contributed by atoms with E-state index >= 15 is 0 Å². The minimum Gasteiger partial charge on any atom is -0.497 e. The van der Waals surface area contributed by atoms with Crippen molar-refractivity contribution in [1.82, 2.24) is 9.88 Å². The molecule has 5 nitrogen and oxygen atoms in total. The van der Waals surface area contributed by atoms with Crippen LogP contribution in [-0.4, -0.2) is 30.8 Å². The van der Waals surface area contributed by atoms with E-state index in [0.717, 1.165) is 48.3 Å². The number of piperidine rings is 1. The SMILES string of the molecule is COc1ccc2c(c1)c(NC1CCNCC1)cc(=O)n2C. The molecule has 0 amide bonds. The Morgan fingerprint density at radius 2 is 2.05 bits per heavy atom. The largest absolute Gasteiger partial charge is 0.497 e. The molecule has 3 rings (SSSR count). The van der Waals surface area contributed by atoms with Gasteiger partial charge >= 0.3 is 0 Å². The van der Waals surface area contributed by atoms with Crippen molar-refractivity contribution in [3.8, 4) is 5.75 Å². The molecule has 0 bridgehead atoms. The Labute approximate surface area is 123 Å². The smallest absolute Gasteiger partial charge is 0.252 e. The number of nitrogens with zero attached hydrogens (tertiary/aromatic N) is 1. The second kappa shape index (κ2) is 5.77. The number of anilines is 1. The van der Waals surface area contributed by atoms with Crippen molar-refractivity contribution in [3.63, 3.8) is 0 Å². The third-order valence-corrected chi connectivity index (χ3v) is 4.15. The Bertz CT molecular complexity index is 702. The van der Waals surface area contributed by atoms with Gasteiger partial charge in [-0.3, -0.25) is 4.79 Å². The van der Waals surface area contributed by atoms with Crippen molar-refractivity contribution in [1.29, 1.82) is 0 Å². The third-order valence-electron chi connectivity index (χ3n) is 4.15. The van der Waals surface area contributed by atoms with Gasteiger partial charge in [0.05, 0.1) is 12.6 Å². The molecule has 2 heterocycles. The van der Waals surface area contributed by atoms with E-state index in [0.29, 0.717) is 6.04 Å². The summed E-state index contributed by atoms with van der Waals surface area (Å²) < 4.78 is 6.98. The van der Waals surface area contributed by atoms with Crippen LogP contribution in [-0.2, 0) is 7.05 Å². The molecule has 1 aromatic heterocycles. The van der Waals surface area contributed by atoms with Crippen molar-refractivity contribution in [3.05, 3.63) is 34.6 Å². The first-order valence-electron chi connectivity index (χ1n) is 7.34. The predicted octanol–water partition coefficient (Wildman–Crippen LogP) is 1.71. The lowest BCUT2D eigenvalue weighted by molar-refractivity contribution is 0.415. The highest BCUT2D eigenvalue weighted by atomic mass is 16.5. The number of fused-ring (bicyclic) bond motifs is 1. The average molecular weight is 287 g/mol. The minimum absolute atomic E-state index is 0.00380. The van der Waals surface area contributed by atoms with Crippen molar-refractivity contribution >= 4 is 16.6 Å². The summed E-state index contributed by atoms with van der Waals surface area (Å²) in [7, 11) is 3.45. The lowest BCUT2D eigenvalue weighted by Gasteiger charge is -2.25. The zero-order valence-electron chi connectivity index (χ0n) is 12.5. The summed E-state index contributed by atoms with van der Waals surface area (Å²) >= 11 is 0. The van der Waals surface area contributed by atoms with E-state index < -0.39 is 0 Å². The summed E-state index contributed by atoms with van der Waals surface area (Å²) in [6.07, 6.45) is 2.14. The summed E-state index contributed by atoms with van der Waals surface area (Å²) in [4.78, 5) is 12.1. The lowest BCUT2D eigenvalue weighted by atomic mass is 10.1. The molecule has 2 N–H and O–H groups in total. The molecule has 0 atom stereocenters. The lowest BCUT2D eigenvalue weighted by Crippen LogP contribution is -2.35. The summed E-state index contributed by atoms with van der Waals surface area (Å²) in [6, 6.07) is 7.90. The molecule has 0 saturated carbocycles. The molecular formula is C16H21N3O2. The number of ether oxygens (including phenoxy) is 1. The average Bonchev–Trinajstić information content (AvgIpc) is 2.53. The third kappa shape index (κ3) is 2.74. The molecule has 1 aromatic carbocycles. The van der Waals surface area contributed by atoms with Crippen molar-refractivity contribution in [2.24, 2.45) is 7.05 Å². The second-order valence-corrected chi connectivity index (χ2v) is 5.51. The highest BCUT2D eigenvalue weighted by molar-refractivity contribution is 5.92. The Morgan fingerprint density at radius 1 is 1.29 bits per heavy atom. The minimum atomic E-state index is 0.00380. The van der Waals surface area contributed by atoms with Crippen molar-refractivity contribution in [2.45, 2.75) is 18.9 Å². The fourth-order valence-corrected chi connectivity index (χ4v) is 2.87.